The van der Waals surface area contributed by atoms with Crippen molar-refractivity contribution in [2.24, 2.45) is 0 Å². The molecule has 4 rings (SSSR count). The molecule has 0 N–H and O–H groups in total. The third-order valence-electron chi connectivity index (χ3n) is 4.84. The molecule has 0 saturated carbocycles. The summed E-state index contributed by atoms with van der Waals surface area (Å²) in [4.78, 5) is 0. The molecule has 1 aliphatic rings. The molecule has 1 aromatic heterocycles. The molecule has 0 fully saturated rings. The maximum Gasteiger partial charge on any atom is 0.262 e. The number of hydrogen-bond donors (Lipinski definition) is 0. The molecule has 2 nitrogen and oxygen atoms in total. The summed E-state index contributed by atoms with van der Waals surface area (Å²) in [6.07, 6.45) is 7.35. The van der Waals surface area contributed by atoms with E-state index in [1.807, 2.05) is 0 Å². The van der Waals surface area contributed by atoms with Crippen molar-refractivity contribution in [2.45, 2.75) is 39.2 Å². The molecule has 4 heteroatoms. The fraction of sp³-hybridized carbons (Fsp3) is 0.286. The highest BCUT2D eigenvalue weighted by molar-refractivity contribution is 9.10. The first-order valence-corrected chi connectivity index (χ1v) is 9.49. The smallest absolute Gasteiger partial charge is 0.262 e. The van der Waals surface area contributed by atoms with Crippen LogP contribution in [0.4, 0.5) is 0 Å². The third kappa shape index (κ3) is 3.75. The molecule has 0 atom stereocenters. The maximum atomic E-state index is 3.55. The molecule has 2 aromatic carbocycles. The van der Waals surface area contributed by atoms with E-state index in [9.17, 15) is 0 Å². The van der Waals surface area contributed by atoms with Crippen LogP contribution in [0.3, 0.4) is 0 Å². The highest BCUT2D eigenvalue weighted by atomic mass is 79.9. The van der Waals surface area contributed by atoms with E-state index in [1.165, 1.54) is 47.6 Å². The second-order valence-electron chi connectivity index (χ2n) is 6.61. The number of imidazole rings is 1. The topological polar surface area (TPSA) is 8.81 Å². The van der Waals surface area contributed by atoms with Crippen LogP contribution < -0.4 is 21.5 Å². The minimum Gasteiger partial charge on any atom is -1.00 e. The van der Waals surface area contributed by atoms with E-state index in [2.05, 4.69) is 86.7 Å². The Balaban J connectivity index is 0.00000182. The molecule has 0 bridgehead atoms. The number of benzene rings is 2. The number of aromatic nitrogens is 2. The number of rotatable bonds is 2. The van der Waals surface area contributed by atoms with E-state index < -0.39 is 0 Å². The molecule has 0 amide bonds. The molecule has 2 heterocycles. The van der Waals surface area contributed by atoms with Gasteiger partial charge < -0.3 is 17.0 Å². The molecule has 25 heavy (non-hydrogen) atoms. The van der Waals surface area contributed by atoms with Gasteiger partial charge in [0.25, 0.3) is 5.82 Å². The van der Waals surface area contributed by atoms with E-state index in [0.29, 0.717) is 0 Å². The van der Waals surface area contributed by atoms with Gasteiger partial charge in [-0.15, -0.1) is 0 Å². The van der Waals surface area contributed by atoms with Gasteiger partial charge in [0.2, 0.25) is 0 Å². The van der Waals surface area contributed by atoms with Crippen molar-refractivity contribution in [2.75, 3.05) is 0 Å². The summed E-state index contributed by atoms with van der Waals surface area (Å²) in [6.45, 7) is 3.26. The third-order valence-corrected chi connectivity index (χ3v) is 5.37. The summed E-state index contributed by atoms with van der Waals surface area (Å²) >= 11 is 3.55. The highest BCUT2D eigenvalue weighted by Gasteiger charge is 2.26. The zero-order valence-corrected chi connectivity index (χ0v) is 17.6. The molecule has 0 unspecified atom stereocenters. The summed E-state index contributed by atoms with van der Waals surface area (Å²) < 4.78 is 6.03. The van der Waals surface area contributed by atoms with Gasteiger partial charge >= 0.3 is 0 Å². The molecule has 1 aliphatic heterocycles. The Kier molecular flexibility index (Phi) is 5.80. The van der Waals surface area contributed by atoms with Gasteiger partial charge in [0.05, 0.1) is 6.54 Å². The Labute approximate surface area is 168 Å². The Morgan fingerprint density at radius 1 is 0.920 bits per heavy atom. The average molecular weight is 462 g/mol. The largest absolute Gasteiger partial charge is 1.00 e. The number of nitrogens with zero attached hydrogens (tertiary/aromatic N) is 2. The zero-order valence-electron chi connectivity index (χ0n) is 14.4. The summed E-state index contributed by atoms with van der Waals surface area (Å²) in [5, 5.41) is 0. The van der Waals surface area contributed by atoms with E-state index in [-0.39, 0.29) is 17.0 Å². The first-order chi connectivity index (χ1) is 11.7. The minimum absolute atomic E-state index is 0. The average Bonchev–Trinajstić information content (AvgIpc) is 2.79. The van der Waals surface area contributed by atoms with Gasteiger partial charge in [-0.05, 0) is 50.5 Å². The highest BCUT2D eigenvalue weighted by Crippen LogP contribution is 2.27. The number of halogens is 2. The molecular weight excluding hydrogens is 440 g/mol. The van der Waals surface area contributed by atoms with Crippen molar-refractivity contribution in [1.29, 1.82) is 0 Å². The molecular formula is C21H22Br2N2. The Morgan fingerprint density at radius 3 is 2.36 bits per heavy atom. The summed E-state index contributed by atoms with van der Waals surface area (Å²) in [5.74, 6) is 1.42. The molecule has 0 spiro atoms. The van der Waals surface area contributed by atoms with Gasteiger partial charge in [-0.1, -0.05) is 45.8 Å². The predicted molar refractivity (Wildman–Crippen MR) is 101 cm³/mol. The first-order valence-electron chi connectivity index (χ1n) is 8.69. The van der Waals surface area contributed by atoms with Gasteiger partial charge in [-0.3, -0.25) is 0 Å². The SMILES string of the molecule is Cc1ccc(-c2c[n+]3c(n2-c2ccc(Br)cc2)CCCCC3)cc1.[Br-]. The van der Waals surface area contributed by atoms with E-state index in [1.54, 1.807) is 0 Å². The fourth-order valence-corrected chi connectivity index (χ4v) is 3.81. The van der Waals surface area contributed by atoms with Crippen LogP contribution in [0.2, 0.25) is 0 Å². The van der Waals surface area contributed by atoms with Gasteiger partial charge in [0, 0.05) is 16.5 Å². The summed E-state index contributed by atoms with van der Waals surface area (Å²) in [6, 6.07) is 17.5. The standard InChI is InChI=1S/C21H22BrN2.BrH/c1-16-6-8-17(9-7-16)20-15-23-14-4-2-3-5-21(23)24(20)19-12-10-18(22)11-13-19;/h6-13,15H,2-5,14H2,1H3;1H/q+1;/p-1. The predicted octanol–water partition coefficient (Wildman–Crippen LogP) is 2.23. The maximum absolute atomic E-state index is 3.55. The molecule has 0 radical (unpaired) electrons. The lowest BCUT2D eigenvalue weighted by atomic mass is 10.1. The summed E-state index contributed by atoms with van der Waals surface area (Å²) in [5.41, 5.74) is 5.11. The molecule has 0 saturated heterocycles. The minimum atomic E-state index is 0. The van der Waals surface area contributed by atoms with Crippen LogP contribution in [-0.2, 0) is 13.0 Å². The van der Waals surface area contributed by atoms with Crippen LogP contribution in [-0.4, -0.2) is 4.57 Å². The van der Waals surface area contributed by atoms with Crippen molar-refractivity contribution in [3.05, 3.63) is 70.6 Å². The fourth-order valence-electron chi connectivity index (χ4n) is 3.54. The first kappa shape index (κ1) is 18.4. The quantitative estimate of drug-likeness (QED) is 0.517. The molecule has 0 aliphatic carbocycles. The lowest BCUT2D eigenvalue weighted by Gasteiger charge is -2.06. The van der Waals surface area contributed by atoms with Crippen LogP contribution in [0.25, 0.3) is 16.9 Å². The zero-order chi connectivity index (χ0) is 16.5. The Hall–Kier alpha value is -1.39. The second-order valence-corrected chi connectivity index (χ2v) is 7.53. The van der Waals surface area contributed by atoms with Gasteiger partial charge in [0.1, 0.15) is 11.9 Å². The van der Waals surface area contributed by atoms with Crippen molar-refractivity contribution in [1.82, 2.24) is 4.57 Å². The Bertz CT molecular complexity index is 849. The van der Waals surface area contributed by atoms with Crippen LogP contribution in [0.15, 0.2) is 59.2 Å². The number of aryl methyl sites for hydroxylation is 2. The van der Waals surface area contributed by atoms with Crippen molar-refractivity contribution in [3.63, 3.8) is 0 Å². The van der Waals surface area contributed by atoms with Crippen molar-refractivity contribution < 1.29 is 21.5 Å². The lowest BCUT2D eigenvalue weighted by Crippen LogP contribution is -3.00. The van der Waals surface area contributed by atoms with Crippen molar-refractivity contribution in [3.8, 4) is 16.9 Å². The van der Waals surface area contributed by atoms with E-state index in [4.69, 9.17) is 0 Å². The van der Waals surface area contributed by atoms with Crippen LogP contribution in [0.1, 0.15) is 30.7 Å². The van der Waals surface area contributed by atoms with Gasteiger partial charge in [-0.2, -0.15) is 4.57 Å². The number of hydrogen-bond acceptors (Lipinski definition) is 0. The lowest BCUT2D eigenvalue weighted by molar-refractivity contribution is -0.702. The second kappa shape index (κ2) is 7.88. The summed E-state index contributed by atoms with van der Waals surface area (Å²) in [7, 11) is 0. The number of fused-ring (bicyclic) bond motifs is 1. The van der Waals surface area contributed by atoms with E-state index in [0.717, 1.165) is 17.4 Å². The normalized spacial score (nSPS) is 13.7. The van der Waals surface area contributed by atoms with Gasteiger partial charge in [0.15, 0.2) is 5.69 Å². The van der Waals surface area contributed by atoms with Crippen LogP contribution >= 0.6 is 15.9 Å². The van der Waals surface area contributed by atoms with Crippen LogP contribution in [0.5, 0.6) is 0 Å². The van der Waals surface area contributed by atoms with Crippen molar-refractivity contribution >= 4 is 15.9 Å². The Morgan fingerprint density at radius 2 is 1.64 bits per heavy atom. The van der Waals surface area contributed by atoms with Gasteiger partial charge in [-0.25, -0.2) is 4.57 Å². The van der Waals surface area contributed by atoms with Crippen LogP contribution in [0, 0.1) is 6.92 Å². The monoisotopic (exact) mass is 460 g/mol. The molecule has 130 valence electrons. The van der Waals surface area contributed by atoms with E-state index >= 15 is 0 Å². The molecule has 3 aromatic rings.